The number of carbonyl (C=O) groups is 1. The summed E-state index contributed by atoms with van der Waals surface area (Å²) in [5, 5.41) is 10.3. The Hall–Kier alpha value is -3.46. The van der Waals surface area contributed by atoms with Gasteiger partial charge in [-0.05, 0) is 43.3 Å². The molecule has 33 heavy (non-hydrogen) atoms. The Balaban J connectivity index is 1.39. The van der Waals surface area contributed by atoms with E-state index in [1.807, 2.05) is 18.4 Å². The average molecular weight is 497 g/mol. The molecule has 0 atom stereocenters. The van der Waals surface area contributed by atoms with Gasteiger partial charge in [-0.15, -0.1) is 16.4 Å². The van der Waals surface area contributed by atoms with Crippen molar-refractivity contribution >= 4 is 68.4 Å². The smallest absolute Gasteiger partial charge is 0.250 e. The first-order valence-corrected chi connectivity index (χ1v) is 11.3. The van der Waals surface area contributed by atoms with Crippen LogP contribution in [0.25, 0.3) is 33.3 Å². The van der Waals surface area contributed by atoms with Crippen LogP contribution in [0.5, 0.6) is 0 Å². The summed E-state index contributed by atoms with van der Waals surface area (Å²) in [5.74, 6) is -0.364. The summed E-state index contributed by atoms with van der Waals surface area (Å²) in [6.07, 6.45) is 3.96. The fourth-order valence-electron chi connectivity index (χ4n) is 3.31. The molecule has 0 spiro atoms. The normalized spacial score (nSPS) is 11.6. The van der Waals surface area contributed by atoms with Crippen molar-refractivity contribution in [3.05, 3.63) is 85.5 Å². The lowest BCUT2D eigenvalue weighted by molar-refractivity contribution is -0.111. The first-order valence-electron chi connectivity index (χ1n) is 9.70. The van der Waals surface area contributed by atoms with E-state index in [1.54, 1.807) is 34.8 Å². The first kappa shape index (κ1) is 21.4. The van der Waals surface area contributed by atoms with Crippen molar-refractivity contribution < 1.29 is 9.21 Å². The van der Waals surface area contributed by atoms with Gasteiger partial charge in [0.05, 0.1) is 21.7 Å². The van der Waals surface area contributed by atoms with E-state index in [4.69, 9.17) is 27.6 Å². The summed E-state index contributed by atoms with van der Waals surface area (Å²) in [5.41, 5.74) is 2.89. The van der Waals surface area contributed by atoms with Crippen molar-refractivity contribution in [3.63, 3.8) is 0 Å². The molecule has 1 amide bonds. The lowest BCUT2D eigenvalue weighted by Gasteiger charge is -2.03. The van der Waals surface area contributed by atoms with E-state index < -0.39 is 5.91 Å². The van der Waals surface area contributed by atoms with Crippen molar-refractivity contribution in [2.24, 2.45) is 0 Å². The van der Waals surface area contributed by atoms with E-state index in [1.165, 1.54) is 29.8 Å². The molecule has 0 radical (unpaired) electrons. The van der Waals surface area contributed by atoms with Crippen molar-refractivity contribution in [3.8, 4) is 11.3 Å². The molecule has 10 heteroatoms. The Labute approximate surface area is 200 Å². The van der Waals surface area contributed by atoms with Crippen molar-refractivity contribution in [2.75, 3.05) is 5.32 Å². The average Bonchev–Trinajstić information content (AvgIpc) is 3.35. The SMILES string of the molecule is Cc1ccc2occ(/C=C/C(=O)Nc3nc4scc(-c5cc(Cl)ccc5Cl)n4n3)c(=O)c2c1. The van der Waals surface area contributed by atoms with Gasteiger partial charge in [-0.2, -0.15) is 4.98 Å². The Morgan fingerprint density at radius 2 is 2.06 bits per heavy atom. The Morgan fingerprint density at radius 3 is 2.91 bits per heavy atom. The standard InChI is InChI=1S/C23H14Cl2N4O3S/c1-12-2-6-19-16(8-12)21(31)13(10-32-19)3-7-20(30)26-22-27-23-29(28-22)18(11-33-23)15-9-14(24)4-5-17(15)25/h2-11H,1H3,(H,26,28,30)/b7-3+. The summed E-state index contributed by atoms with van der Waals surface area (Å²) in [6.45, 7) is 1.89. The van der Waals surface area contributed by atoms with Gasteiger partial charge in [-0.3, -0.25) is 14.9 Å². The number of aryl methyl sites for hydroxylation is 1. The molecular formula is C23H14Cl2N4O3S. The molecule has 3 aromatic heterocycles. The molecular weight excluding hydrogens is 483 g/mol. The maximum Gasteiger partial charge on any atom is 0.250 e. The minimum atomic E-state index is -0.487. The minimum absolute atomic E-state index is 0.122. The van der Waals surface area contributed by atoms with Crippen LogP contribution < -0.4 is 10.7 Å². The van der Waals surface area contributed by atoms with Gasteiger partial charge in [0.2, 0.25) is 4.96 Å². The molecule has 2 aromatic carbocycles. The number of halogens is 2. The molecule has 0 aliphatic carbocycles. The van der Waals surface area contributed by atoms with Crippen LogP contribution in [0.15, 0.2) is 63.3 Å². The Bertz CT molecular complexity index is 1630. The highest BCUT2D eigenvalue weighted by Crippen LogP contribution is 2.33. The van der Waals surface area contributed by atoms with Crippen molar-refractivity contribution in [1.29, 1.82) is 0 Å². The summed E-state index contributed by atoms with van der Waals surface area (Å²) >= 11 is 13.8. The number of hydrogen-bond acceptors (Lipinski definition) is 6. The molecule has 0 aliphatic heterocycles. The number of fused-ring (bicyclic) bond motifs is 2. The molecule has 0 aliphatic rings. The molecule has 1 N–H and O–H groups in total. The number of amides is 1. The fraction of sp³-hybridized carbons (Fsp3) is 0.0435. The number of nitrogens with one attached hydrogen (secondary N) is 1. The first-order chi connectivity index (χ1) is 15.9. The van der Waals surface area contributed by atoms with Gasteiger partial charge in [0.25, 0.3) is 11.9 Å². The number of rotatable bonds is 4. The van der Waals surface area contributed by atoms with E-state index in [2.05, 4.69) is 15.4 Å². The van der Waals surface area contributed by atoms with Crippen LogP contribution in [0.4, 0.5) is 5.95 Å². The second kappa shape index (κ2) is 8.47. The monoisotopic (exact) mass is 496 g/mol. The lowest BCUT2D eigenvalue weighted by atomic mass is 10.1. The summed E-state index contributed by atoms with van der Waals surface area (Å²) in [4.78, 5) is 30.0. The van der Waals surface area contributed by atoms with Crippen molar-refractivity contribution in [2.45, 2.75) is 6.92 Å². The molecule has 164 valence electrons. The topological polar surface area (TPSA) is 89.5 Å². The number of aromatic nitrogens is 3. The molecule has 0 bridgehead atoms. The fourth-order valence-corrected chi connectivity index (χ4v) is 4.51. The van der Waals surface area contributed by atoms with E-state index in [9.17, 15) is 9.59 Å². The predicted molar refractivity (Wildman–Crippen MR) is 131 cm³/mol. The highest BCUT2D eigenvalue weighted by molar-refractivity contribution is 7.15. The van der Waals surface area contributed by atoms with Gasteiger partial charge >= 0.3 is 0 Å². The highest BCUT2D eigenvalue weighted by Gasteiger charge is 2.15. The predicted octanol–water partition coefficient (Wildman–Crippen LogP) is 5.83. The van der Waals surface area contributed by atoms with Gasteiger partial charge in [0.1, 0.15) is 11.8 Å². The molecule has 0 fully saturated rings. The zero-order chi connectivity index (χ0) is 23.1. The van der Waals surface area contributed by atoms with E-state index in [0.29, 0.717) is 37.2 Å². The van der Waals surface area contributed by atoms with Gasteiger partial charge in [0.15, 0.2) is 5.43 Å². The summed E-state index contributed by atoms with van der Waals surface area (Å²) < 4.78 is 7.09. The third-order valence-electron chi connectivity index (χ3n) is 4.89. The number of anilines is 1. The molecule has 7 nitrogen and oxygen atoms in total. The second-order valence-corrected chi connectivity index (χ2v) is 8.90. The Morgan fingerprint density at radius 1 is 1.21 bits per heavy atom. The minimum Gasteiger partial charge on any atom is -0.463 e. The van der Waals surface area contributed by atoms with E-state index in [0.717, 1.165) is 5.56 Å². The van der Waals surface area contributed by atoms with Gasteiger partial charge in [0, 0.05) is 22.0 Å². The molecule has 3 heterocycles. The number of benzene rings is 2. The summed E-state index contributed by atoms with van der Waals surface area (Å²) in [7, 11) is 0. The number of nitrogens with zero attached hydrogens (tertiary/aromatic N) is 3. The number of carbonyl (C=O) groups excluding carboxylic acids is 1. The number of thiazole rings is 1. The lowest BCUT2D eigenvalue weighted by Crippen LogP contribution is -2.10. The van der Waals surface area contributed by atoms with Crippen LogP contribution in [-0.4, -0.2) is 20.5 Å². The Kier molecular flexibility index (Phi) is 5.49. The quantitative estimate of drug-likeness (QED) is 0.316. The highest BCUT2D eigenvalue weighted by atomic mass is 35.5. The maximum atomic E-state index is 12.7. The van der Waals surface area contributed by atoms with Gasteiger partial charge in [-0.25, -0.2) is 4.52 Å². The zero-order valence-electron chi connectivity index (χ0n) is 17.0. The van der Waals surface area contributed by atoms with Crippen molar-refractivity contribution in [1.82, 2.24) is 14.6 Å². The van der Waals surface area contributed by atoms with E-state index in [-0.39, 0.29) is 16.9 Å². The maximum absolute atomic E-state index is 12.7. The van der Waals surface area contributed by atoms with Crippen LogP contribution in [0.3, 0.4) is 0 Å². The van der Waals surface area contributed by atoms with Crippen LogP contribution >= 0.6 is 34.5 Å². The molecule has 5 aromatic rings. The van der Waals surface area contributed by atoms with Gasteiger partial charge < -0.3 is 4.42 Å². The molecule has 0 unspecified atom stereocenters. The molecule has 5 rings (SSSR count). The largest absolute Gasteiger partial charge is 0.463 e. The third kappa shape index (κ3) is 4.16. The van der Waals surface area contributed by atoms with E-state index >= 15 is 0 Å². The van der Waals surface area contributed by atoms with Gasteiger partial charge in [-0.1, -0.05) is 34.8 Å². The third-order valence-corrected chi connectivity index (χ3v) is 6.27. The molecule has 0 saturated heterocycles. The number of hydrogen-bond donors (Lipinski definition) is 1. The van der Waals surface area contributed by atoms with Crippen LogP contribution in [0, 0.1) is 6.92 Å². The molecule has 0 saturated carbocycles. The second-order valence-electron chi connectivity index (χ2n) is 7.22. The summed E-state index contributed by atoms with van der Waals surface area (Å²) in [6, 6.07) is 10.5. The van der Waals surface area contributed by atoms with Crippen LogP contribution in [0.1, 0.15) is 11.1 Å². The van der Waals surface area contributed by atoms with Crippen LogP contribution in [0.2, 0.25) is 10.0 Å². The zero-order valence-corrected chi connectivity index (χ0v) is 19.3. The van der Waals surface area contributed by atoms with Crippen LogP contribution in [-0.2, 0) is 4.79 Å².